The molecule has 0 unspecified atom stereocenters. The number of thiol groups is 1. The third kappa shape index (κ3) is 2.88. The Morgan fingerprint density at radius 3 is 2.92 bits per heavy atom. The monoisotopic (exact) mass is 196 g/mol. The smallest absolute Gasteiger partial charge is 0.371 e. The maximum absolute atomic E-state index is 10.4. The van der Waals surface area contributed by atoms with Crippen LogP contribution in [0.15, 0.2) is 16.5 Å². The molecule has 1 rings (SSSR count). The van der Waals surface area contributed by atoms with Crippen LogP contribution in [0.25, 0.3) is 0 Å². The van der Waals surface area contributed by atoms with Crippen molar-refractivity contribution in [3.05, 3.63) is 23.7 Å². The molecule has 13 heavy (non-hydrogen) atoms. The second kappa shape index (κ2) is 4.63. The lowest BCUT2D eigenvalue weighted by molar-refractivity contribution is 0.0662. The molecule has 0 saturated carbocycles. The Labute approximate surface area is 81.2 Å². The molecule has 0 fully saturated rings. The Morgan fingerprint density at radius 2 is 2.38 bits per heavy atom. The molecule has 3 nitrogen and oxygen atoms in total. The Balaban J connectivity index is 2.71. The lowest BCUT2D eigenvalue weighted by Gasteiger charge is -1.83. The lowest BCUT2D eigenvalue weighted by atomic mass is 10.4. The van der Waals surface area contributed by atoms with Crippen LogP contribution < -0.4 is 0 Å². The lowest BCUT2D eigenvalue weighted by Crippen LogP contribution is -1.91. The Morgan fingerprint density at radius 1 is 1.62 bits per heavy atom. The van der Waals surface area contributed by atoms with Crippen LogP contribution in [0.5, 0.6) is 0 Å². The molecule has 0 spiro atoms. The minimum absolute atomic E-state index is 0.0878. The number of rotatable bonds is 2. The highest BCUT2D eigenvalue weighted by atomic mass is 32.1. The molecule has 0 aliphatic rings. The Kier molecular flexibility index (Phi) is 3.47. The van der Waals surface area contributed by atoms with E-state index in [1.165, 1.54) is 12.1 Å². The van der Waals surface area contributed by atoms with Crippen molar-refractivity contribution >= 4 is 18.6 Å². The molecule has 1 N–H and O–H groups in total. The van der Waals surface area contributed by atoms with E-state index in [2.05, 4.69) is 24.5 Å². The van der Waals surface area contributed by atoms with Crippen LogP contribution in [0.2, 0.25) is 0 Å². The molecule has 0 saturated heterocycles. The molecule has 0 radical (unpaired) electrons. The largest absolute Gasteiger partial charge is 0.475 e. The van der Waals surface area contributed by atoms with Crippen LogP contribution in [0, 0.1) is 11.8 Å². The predicted molar refractivity (Wildman–Crippen MR) is 51.0 cm³/mol. The number of carbonyl (C=O) groups is 1. The maximum atomic E-state index is 10.4. The van der Waals surface area contributed by atoms with Gasteiger partial charge in [-0.2, -0.15) is 12.6 Å². The van der Waals surface area contributed by atoms with E-state index in [0.29, 0.717) is 17.9 Å². The summed E-state index contributed by atoms with van der Waals surface area (Å²) >= 11 is 3.98. The molecule has 0 aliphatic heterocycles. The van der Waals surface area contributed by atoms with Gasteiger partial charge in [0.05, 0.1) is 0 Å². The minimum atomic E-state index is -1.08. The van der Waals surface area contributed by atoms with E-state index >= 15 is 0 Å². The first-order chi connectivity index (χ1) is 6.24. The van der Waals surface area contributed by atoms with Crippen molar-refractivity contribution < 1.29 is 14.3 Å². The third-order valence-electron chi connectivity index (χ3n) is 1.27. The summed E-state index contributed by atoms with van der Waals surface area (Å²) in [5.41, 5.74) is 0. The molecule has 68 valence electrons. The summed E-state index contributed by atoms with van der Waals surface area (Å²) in [7, 11) is 0. The Bertz CT molecular complexity index is 356. The minimum Gasteiger partial charge on any atom is -0.475 e. The average molecular weight is 196 g/mol. The van der Waals surface area contributed by atoms with Crippen LogP contribution in [-0.2, 0) is 0 Å². The van der Waals surface area contributed by atoms with E-state index in [-0.39, 0.29) is 5.76 Å². The zero-order chi connectivity index (χ0) is 9.68. The average Bonchev–Trinajstić information content (AvgIpc) is 2.53. The van der Waals surface area contributed by atoms with Gasteiger partial charge in [0.25, 0.3) is 0 Å². The summed E-state index contributed by atoms with van der Waals surface area (Å²) in [6.07, 6.45) is 0.659. The van der Waals surface area contributed by atoms with Crippen molar-refractivity contribution in [2.24, 2.45) is 0 Å². The number of hydrogen-bond acceptors (Lipinski definition) is 3. The summed E-state index contributed by atoms with van der Waals surface area (Å²) < 4.78 is 4.89. The van der Waals surface area contributed by atoms with Gasteiger partial charge in [-0.05, 0) is 18.1 Å². The first kappa shape index (κ1) is 9.75. The summed E-state index contributed by atoms with van der Waals surface area (Å²) in [6.45, 7) is 0. The van der Waals surface area contributed by atoms with Crippen molar-refractivity contribution in [2.75, 3.05) is 5.75 Å². The molecule has 0 amide bonds. The van der Waals surface area contributed by atoms with E-state index in [9.17, 15) is 4.79 Å². The number of aromatic carboxylic acids is 1. The summed E-state index contributed by atoms with van der Waals surface area (Å²) in [5.74, 6) is 5.37. The standard InChI is InChI=1S/C9H8O3S/c10-9(11)8-5-4-7(12-8)3-1-2-6-13/h4-5,13H,2,6H2,(H,10,11). The number of carboxylic acids is 1. The molecule has 0 bridgehead atoms. The summed E-state index contributed by atoms with van der Waals surface area (Å²) in [6, 6.07) is 2.92. The fourth-order valence-corrected chi connectivity index (χ4v) is 0.837. The van der Waals surface area contributed by atoms with E-state index in [1.54, 1.807) is 0 Å². The summed E-state index contributed by atoms with van der Waals surface area (Å²) in [5, 5.41) is 8.52. The fourth-order valence-electron chi connectivity index (χ4n) is 0.726. The van der Waals surface area contributed by atoms with Crippen LogP contribution in [0.4, 0.5) is 0 Å². The van der Waals surface area contributed by atoms with Crippen LogP contribution >= 0.6 is 12.6 Å². The van der Waals surface area contributed by atoms with Gasteiger partial charge >= 0.3 is 5.97 Å². The van der Waals surface area contributed by atoms with E-state index in [4.69, 9.17) is 9.52 Å². The van der Waals surface area contributed by atoms with Gasteiger partial charge in [0.2, 0.25) is 5.76 Å². The van der Waals surface area contributed by atoms with Gasteiger partial charge in [-0.25, -0.2) is 4.79 Å². The normalized spacial score (nSPS) is 9.00. The topological polar surface area (TPSA) is 50.4 Å². The van der Waals surface area contributed by atoms with Gasteiger partial charge in [0.15, 0.2) is 5.76 Å². The number of carboxylic acid groups (broad SMARTS) is 1. The van der Waals surface area contributed by atoms with Gasteiger partial charge < -0.3 is 9.52 Å². The van der Waals surface area contributed by atoms with Crippen molar-refractivity contribution in [1.29, 1.82) is 0 Å². The van der Waals surface area contributed by atoms with Gasteiger partial charge in [-0.1, -0.05) is 5.92 Å². The van der Waals surface area contributed by atoms with Crippen LogP contribution in [0.3, 0.4) is 0 Å². The highest BCUT2D eigenvalue weighted by Gasteiger charge is 2.06. The van der Waals surface area contributed by atoms with Crippen molar-refractivity contribution in [3.63, 3.8) is 0 Å². The second-order valence-corrected chi connectivity index (χ2v) is 2.69. The highest BCUT2D eigenvalue weighted by molar-refractivity contribution is 7.80. The quantitative estimate of drug-likeness (QED) is 0.558. The van der Waals surface area contributed by atoms with Crippen molar-refractivity contribution in [2.45, 2.75) is 6.42 Å². The number of furan rings is 1. The highest BCUT2D eigenvalue weighted by Crippen LogP contribution is 2.05. The second-order valence-electron chi connectivity index (χ2n) is 2.24. The first-order valence-corrected chi connectivity index (χ1v) is 4.30. The molecule has 0 aromatic carbocycles. The van der Waals surface area contributed by atoms with Gasteiger partial charge in [-0.3, -0.25) is 0 Å². The zero-order valence-electron chi connectivity index (χ0n) is 6.78. The van der Waals surface area contributed by atoms with Crippen molar-refractivity contribution in [1.82, 2.24) is 0 Å². The van der Waals surface area contributed by atoms with Gasteiger partial charge in [0, 0.05) is 12.2 Å². The zero-order valence-corrected chi connectivity index (χ0v) is 7.67. The molecule has 1 heterocycles. The SMILES string of the molecule is O=C(O)c1ccc(C#CCCS)o1. The fraction of sp³-hybridized carbons (Fsp3) is 0.222. The molecule has 1 aromatic rings. The van der Waals surface area contributed by atoms with Crippen LogP contribution in [-0.4, -0.2) is 16.8 Å². The molecular weight excluding hydrogens is 188 g/mol. The number of hydrogen-bond donors (Lipinski definition) is 2. The summed E-state index contributed by atoms with van der Waals surface area (Å²) in [4.78, 5) is 10.4. The van der Waals surface area contributed by atoms with Crippen molar-refractivity contribution in [3.8, 4) is 11.8 Å². The molecule has 0 atom stereocenters. The van der Waals surface area contributed by atoms with E-state index in [0.717, 1.165) is 0 Å². The van der Waals surface area contributed by atoms with E-state index in [1.807, 2.05) is 0 Å². The predicted octanol–water partition coefficient (Wildman–Crippen LogP) is 1.65. The Hall–Kier alpha value is -1.34. The molecular formula is C9H8O3S. The molecule has 0 aliphatic carbocycles. The van der Waals surface area contributed by atoms with Crippen LogP contribution in [0.1, 0.15) is 22.7 Å². The third-order valence-corrected chi connectivity index (χ3v) is 1.49. The van der Waals surface area contributed by atoms with Gasteiger partial charge in [-0.15, -0.1) is 0 Å². The van der Waals surface area contributed by atoms with E-state index < -0.39 is 5.97 Å². The molecule has 4 heteroatoms. The molecule has 1 aromatic heterocycles. The maximum Gasteiger partial charge on any atom is 0.371 e. The first-order valence-electron chi connectivity index (χ1n) is 3.67. The van der Waals surface area contributed by atoms with Gasteiger partial charge in [0.1, 0.15) is 0 Å².